The number of nitrogens with zero attached hydrogens (tertiary/aromatic N) is 1. The molecule has 1 heterocycles. The Morgan fingerprint density at radius 1 is 1.09 bits per heavy atom. The van der Waals surface area contributed by atoms with Crippen molar-refractivity contribution in [3.63, 3.8) is 0 Å². The Kier molecular flexibility index (Phi) is 3.80. The summed E-state index contributed by atoms with van der Waals surface area (Å²) in [6.45, 7) is 1.63. The molecule has 0 aliphatic rings. The number of phenolic OH excluding ortho intramolecular Hbond substituents is 2. The zero-order valence-corrected chi connectivity index (χ0v) is 12.7. The first-order chi connectivity index (χ1) is 11.1. The molecular formula is C17H16N2O4. The van der Waals surface area contributed by atoms with Crippen molar-refractivity contribution < 1.29 is 19.7 Å². The minimum Gasteiger partial charge on any atom is -0.508 e. The lowest BCUT2D eigenvalue weighted by atomic mass is 10.1. The highest BCUT2D eigenvalue weighted by Crippen LogP contribution is 2.40. The molecule has 0 saturated heterocycles. The molecule has 6 nitrogen and oxygen atoms in total. The number of aromatic amines is 1. The average molecular weight is 312 g/mol. The quantitative estimate of drug-likeness (QED) is 0.685. The van der Waals surface area contributed by atoms with Crippen LogP contribution in [0.1, 0.15) is 5.56 Å². The molecule has 3 rings (SSSR count). The molecular weight excluding hydrogens is 296 g/mol. The Morgan fingerprint density at radius 2 is 1.87 bits per heavy atom. The van der Waals surface area contributed by atoms with Crippen LogP contribution in [-0.2, 0) is 0 Å². The molecule has 0 unspecified atom stereocenters. The van der Waals surface area contributed by atoms with Crippen molar-refractivity contribution in [2.45, 2.75) is 6.92 Å². The average Bonchev–Trinajstić information content (AvgIpc) is 3.01. The fourth-order valence-corrected chi connectivity index (χ4v) is 2.23. The molecule has 0 atom stereocenters. The number of ether oxygens (including phenoxy) is 2. The molecule has 0 amide bonds. The summed E-state index contributed by atoms with van der Waals surface area (Å²) in [5.41, 5.74) is 1.41. The van der Waals surface area contributed by atoms with Gasteiger partial charge in [-0.05, 0) is 31.2 Å². The summed E-state index contributed by atoms with van der Waals surface area (Å²) in [7, 11) is 1.58. The molecule has 1 aromatic heterocycles. The molecule has 0 saturated carbocycles. The van der Waals surface area contributed by atoms with Gasteiger partial charge in [-0.15, -0.1) is 0 Å². The number of aromatic hydroxyl groups is 2. The smallest absolute Gasteiger partial charge is 0.173 e. The van der Waals surface area contributed by atoms with Crippen LogP contribution in [-0.4, -0.2) is 27.5 Å². The summed E-state index contributed by atoms with van der Waals surface area (Å²) in [5, 5.41) is 26.7. The van der Waals surface area contributed by atoms with Gasteiger partial charge in [-0.1, -0.05) is 6.07 Å². The molecule has 0 radical (unpaired) electrons. The van der Waals surface area contributed by atoms with Gasteiger partial charge in [-0.2, -0.15) is 5.10 Å². The third-order valence-corrected chi connectivity index (χ3v) is 3.55. The van der Waals surface area contributed by atoms with Crippen molar-refractivity contribution in [3.05, 3.63) is 48.2 Å². The molecule has 0 spiro atoms. The summed E-state index contributed by atoms with van der Waals surface area (Å²) in [6.07, 6.45) is 1.52. The molecule has 3 N–H and O–H groups in total. The van der Waals surface area contributed by atoms with Gasteiger partial charge in [0.1, 0.15) is 28.7 Å². The van der Waals surface area contributed by atoms with Crippen LogP contribution in [0.5, 0.6) is 28.7 Å². The van der Waals surface area contributed by atoms with Gasteiger partial charge in [0, 0.05) is 17.2 Å². The molecule has 0 bridgehead atoms. The van der Waals surface area contributed by atoms with Gasteiger partial charge < -0.3 is 19.7 Å². The van der Waals surface area contributed by atoms with Gasteiger partial charge in [0.2, 0.25) is 0 Å². The van der Waals surface area contributed by atoms with E-state index in [4.69, 9.17) is 9.47 Å². The maximum absolute atomic E-state index is 10.2. The molecule has 2 aromatic carbocycles. The van der Waals surface area contributed by atoms with E-state index in [1.165, 1.54) is 12.3 Å². The Bertz CT molecular complexity index is 842. The number of benzene rings is 2. The molecule has 0 fully saturated rings. The van der Waals surface area contributed by atoms with E-state index in [0.717, 1.165) is 0 Å². The van der Waals surface area contributed by atoms with E-state index in [9.17, 15) is 10.2 Å². The zero-order valence-electron chi connectivity index (χ0n) is 12.7. The van der Waals surface area contributed by atoms with Crippen molar-refractivity contribution in [2.24, 2.45) is 0 Å². The largest absolute Gasteiger partial charge is 0.508 e. The van der Waals surface area contributed by atoms with E-state index in [2.05, 4.69) is 10.2 Å². The van der Waals surface area contributed by atoms with Crippen LogP contribution in [0.4, 0.5) is 0 Å². The van der Waals surface area contributed by atoms with E-state index in [-0.39, 0.29) is 11.5 Å². The minimum atomic E-state index is -0.0234. The van der Waals surface area contributed by atoms with Gasteiger partial charge in [0.05, 0.1) is 13.3 Å². The highest BCUT2D eigenvalue weighted by molar-refractivity contribution is 5.75. The van der Waals surface area contributed by atoms with Crippen molar-refractivity contribution >= 4 is 0 Å². The minimum absolute atomic E-state index is 0.0234. The fraction of sp³-hybridized carbons (Fsp3) is 0.118. The number of H-pyrrole nitrogens is 1. The molecule has 3 aromatic rings. The van der Waals surface area contributed by atoms with Gasteiger partial charge in [0.25, 0.3) is 0 Å². The van der Waals surface area contributed by atoms with E-state index in [0.29, 0.717) is 34.1 Å². The Labute approximate surface area is 132 Å². The van der Waals surface area contributed by atoms with Crippen LogP contribution in [0.25, 0.3) is 11.3 Å². The highest BCUT2D eigenvalue weighted by Gasteiger charge is 2.16. The second-order valence-corrected chi connectivity index (χ2v) is 5.00. The van der Waals surface area contributed by atoms with Crippen molar-refractivity contribution in [1.29, 1.82) is 0 Å². The van der Waals surface area contributed by atoms with Gasteiger partial charge >= 0.3 is 0 Å². The monoisotopic (exact) mass is 312 g/mol. The van der Waals surface area contributed by atoms with Crippen LogP contribution in [0.3, 0.4) is 0 Å². The first kappa shape index (κ1) is 14.8. The standard InChI is InChI=1S/C17H16N2O4/c1-10-14(20)7-6-13(17(10)21)16-15(9-18-19-16)23-12-5-3-4-11(8-12)22-2/h3-9,20-21H,1-2H3,(H,18,19). The number of methoxy groups -OCH3 is 1. The Morgan fingerprint density at radius 3 is 2.65 bits per heavy atom. The second-order valence-electron chi connectivity index (χ2n) is 5.00. The summed E-state index contributed by atoms with van der Waals surface area (Å²) >= 11 is 0. The van der Waals surface area contributed by atoms with Crippen LogP contribution < -0.4 is 9.47 Å². The molecule has 118 valence electrons. The van der Waals surface area contributed by atoms with Crippen molar-refractivity contribution in [2.75, 3.05) is 7.11 Å². The number of rotatable bonds is 4. The predicted octanol–water partition coefficient (Wildman–Crippen LogP) is 3.60. The summed E-state index contributed by atoms with van der Waals surface area (Å²) in [4.78, 5) is 0. The topological polar surface area (TPSA) is 87.6 Å². The maximum Gasteiger partial charge on any atom is 0.173 e. The van der Waals surface area contributed by atoms with Gasteiger partial charge in [-0.3, -0.25) is 5.10 Å². The summed E-state index contributed by atoms with van der Waals surface area (Å²) in [6, 6.07) is 10.3. The number of phenols is 2. The van der Waals surface area contributed by atoms with E-state index >= 15 is 0 Å². The van der Waals surface area contributed by atoms with E-state index in [1.807, 2.05) is 12.1 Å². The third kappa shape index (κ3) is 2.78. The highest BCUT2D eigenvalue weighted by atomic mass is 16.5. The maximum atomic E-state index is 10.2. The lowest BCUT2D eigenvalue weighted by Crippen LogP contribution is -1.89. The molecule has 6 heteroatoms. The van der Waals surface area contributed by atoms with E-state index in [1.54, 1.807) is 32.2 Å². The first-order valence-corrected chi connectivity index (χ1v) is 6.97. The van der Waals surface area contributed by atoms with E-state index < -0.39 is 0 Å². The normalized spacial score (nSPS) is 10.5. The lowest BCUT2D eigenvalue weighted by Gasteiger charge is -2.10. The van der Waals surface area contributed by atoms with Crippen LogP contribution in [0.2, 0.25) is 0 Å². The number of nitrogens with one attached hydrogen (secondary N) is 1. The fourth-order valence-electron chi connectivity index (χ4n) is 2.23. The molecule has 0 aliphatic heterocycles. The zero-order chi connectivity index (χ0) is 16.4. The number of aromatic nitrogens is 2. The Balaban J connectivity index is 1.98. The van der Waals surface area contributed by atoms with Crippen molar-refractivity contribution in [3.8, 4) is 40.0 Å². The molecule has 0 aliphatic carbocycles. The van der Waals surface area contributed by atoms with Gasteiger partial charge in [-0.25, -0.2) is 0 Å². The van der Waals surface area contributed by atoms with Gasteiger partial charge in [0.15, 0.2) is 5.75 Å². The van der Waals surface area contributed by atoms with Crippen LogP contribution >= 0.6 is 0 Å². The third-order valence-electron chi connectivity index (χ3n) is 3.55. The summed E-state index contributed by atoms with van der Waals surface area (Å²) < 4.78 is 11.0. The predicted molar refractivity (Wildman–Crippen MR) is 85.2 cm³/mol. The number of hydrogen-bond donors (Lipinski definition) is 3. The Hall–Kier alpha value is -3.15. The first-order valence-electron chi connectivity index (χ1n) is 6.97. The van der Waals surface area contributed by atoms with Crippen LogP contribution in [0.15, 0.2) is 42.6 Å². The number of hydrogen-bond acceptors (Lipinski definition) is 5. The second kappa shape index (κ2) is 5.92. The van der Waals surface area contributed by atoms with Crippen molar-refractivity contribution in [1.82, 2.24) is 10.2 Å². The SMILES string of the molecule is COc1cccc(Oc2cn[nH]c2-c2ccc(O)c(C)c2O)c1. The molecule has 23 heavy (non-hydrogen) atoms. The summed E-state index contributed by atoms with van der Waals surface area (Å²) in [5.74, 6) is 1.72. The lowest BCUT2D eigenvalue weighted by molar-refractivity contribution is 0.409. The van der Waals surface area contributed by atoms with Crippen LogP contribution in [0, 0.1) is 6.92 Å².